The van der Waals surface area contributed by atoms with Crippen LogP contribution in [0.25, 0.3) is 0 Å². The molecule has 1 aliphatic rings. The molecule has 0 spiro atoms. The highest BCUT2D eigenvalue weighted by atomic mass is 16.3. The van der Waals surface area contributed by atoms with Crippen LogP contribution in [0.1, 0.15) is 44.9 Å². The van der Waals surface area contributed by atoms with Crippen molar-refractivity contribution in [1.82, 2.24) is 9.80 Å². The Morgan fingerprint density at radius 2 is 1.74 bits per heavy atom. The van der Waals surface area contributed by atoms with Gasteiger partial charge in [-0.2, -0.15) is 0 Å². The second-order valence-corrected chi connectivity index (χ2v) is 8.18. The smallest absolute Gasteiger partial charge is 0.242 e. The third-order valence-electron chi connectivity index (χ3n) is 4.79. The molecular formula is C22H28N2O3. The SMILES string of the molecule is CC(C)(C)N(CC(=O)N(Cc1ccccc1)Cc1ccco1)C(=O)C1CC1. The van der Waals surface area contributed by atoms with Crippen molar-refractivity contribution in [3.63, 3.8) is 0 Å². The first-order valence-corrected chi connectivity index (χ1v) is 9.50. The van der Waals surface area contributed by atoms with Crippen LogP contribution in [-0.4, -0.2) is 33.7 Å². The van der Waals surface area contributed by atoms with Gasteiger partial charge in [0, 0.05) is 18.0 Å². The number of rotatable bonds is 7. The number of carbonyl (C=O) groups excluding carboxylic acids is 2. The number of benzene rings is 1. The molecule has 0 saturated heterocycles. The molecule has 2 aromatic rings. The van der Waals surface area contributed by atoms with Gasteiger partial charge in [0.1, 0.15) is 12.3 Å². The number of amides is 2. The molecule has 0 unspecified atom stereocenters. The molecule has 1 heterocycles. The van der Waals surface area contributed by atoms with Crippen molar-refractivity contribution in [3.8, 4) is 0 Å². The molecule has 2 amide bonds. The summed E-state index contributed by atoms with van der Waals surface area (Å²) in [6.07, 6.45) is 3.47. The molecule has 0 atom stereocenters. The van der Waals surface area contributed by atoms with Crippen molar-refractivity contribution in [2.75, 3.05) is 6.54 Å². The standard InChI is InChI=1S/C22H28N2O3/c1-22(2,3)24(21(26)18-11-12-18)16-20(25)23(15-19-10-7-13-27-19)14-17-8-5-4-6-9-17/h4-10,13,18H,11-12,14-16H2,1-3H3. The molecule has 27 heavy (non-hydrogen) atoms. The first-order valence-electron chi connectivity index (χ1n) is 9.50. The van der Waals surface area contributed by atoms with Crippen molar-refractivity contribution < 1.29 is 14.0 Å². The van der Waals surface area contributed by atoms with E-state index in [1.807, 2.05) is 63.2 Å². The molecule has 0 radical (unpaired) electrons. The third kappa shape index (κ3) is 5.22. The Kier molecular flexibility index (Phi) is 5.68. The van der Waals surface area contributed by atoms with E-state index in [9.17, 15) is 9.59 Å². The minimum Gasteiger partial charge on any atom is -0.467 e. The van der Waals surface area contributed by atoms with Crippen LogP contribution in [0.4, 0.5) is 0 Å². The number of hydrogen-bond acceptors (Lipinski definition) is 3. The van der Waals surface area contributed by atoms with Crippen LogP contribution < -0.4 is 0 Å². The van der Waals surface area contributed by atoms with E-state index in [-0.39, 0.29) is 24.3 Å². The molecule has 1 saturated carbocycles. The summed E-state index contributed by atoms with van der Waals surface area (Å²) in [6.45, 7) is 6.90. The quantitative estimate of drug-likeness (QED) is 0.746. The van der Waals surface area contributed by atoms with Crippen molar-refractivity contribution in [2.24, 2.45) is 5.92 Å². The van der Waals surface area contributed by atoms with E-state index in [1.165, 1.54) is 0 Å². The van der Waals surface area contributed by atoms with E-state index in [4.69, 9.17) is 4.42 Å². The molecule has 0 bridgehead atoms. The highest BCUT2D eigenvalue weighted by Crippen LogP contribution is 2.33. The minimum atomic E-state index is -0.390. The predicted octanol–water partition coefficient (Wildman–Crippen LogP) is 3.85. The average molecular weight is 368 g/mol. The topological polar surface area (TPSA) is 53.8 Å². The van der Waals surface area contributed by atoms with Gasteiger partial charge >= 0.3 is 0 Å². The van der Waals surface area contributed by atoms with Crippen LogP contribution in [0.15, 0.2) is 53.1 Å². The largest absolute Gasteiger partial charge is 0.467 e. The van der Waals surface area contributed by atoms with Gasteiger partial charge < -0.3 is 14.2 Å². The Labute approximate surface area is 160 Å². The fourth-order valence-electron chi connectivity index (χ4n) is 3.06. The Bertz CT molecular complexity index is 759. The Morgan fingerprint density at radius 1 is 1.04 bits per heavy atom. The molecule has 3 rings (SSSR count). The Morgan fingerprint density at radius 3 is 2.30 bits per heavy atom. The first-order chi connectivity index (χ1) is 12.8. The van der Waals surface area contributed by atoms with Crippen LogP contribution >= 0.6 is 0 Å². The summed E-state index contributed by atoms with van der Waals surface area (Å²) in [6, 6.07) is 13.6. The van der Waals surface area contributed by atoms with Crippen molar-refractivity contribution in [3.05, 3.63) is 60.1 Å². The maximum absolute atomic E-state index is 13.2. The van der Waals surface area contributed by atoms with E-state index in [0.717, 1.165) is 24.2 Å². The van der Waals surface area contributed by atoms with Gasteiger partial charge in [0.2, 0.25) is 11.8 Å². The molecular weight excluding hydrogens is 340 g/mol. The van der Waals surface area contributed by atoms with Crippen molar-refractivity contribution >= 4 is 11.8 Å². The molecule has 1 aliphatic carbocycles. The molecule has 1 fully saturated rings. The first kappa shape index (κ1) is 19.2. The van der Waals surface area contributed by atoms with Crippen LogP contribution in [0.3, 0.4) is 0 Å². The lowest BCUT2D eigenvalue weighted by Gasteiger charge is -2.37. The number of hydrogen-bond donors (Lipinski definition) is 0. The zero-order chi connectivity index (χ0) is 19.4. The Balaban J connectivity index is 1.77. The summed E-state index contributed by atoms with van der Waals surface area (Å²) in [7, 11) is 0. The van der Waals surface area contributed by atoms with Crippen LogP contribution in [0, 0.1) is 5.92 Å². The van der Waals surface area contributed by atoms with E-state index >= 15 is 0 Å². The molecule has 5 heteroatoms. The molecule has 144 valence electrons. The zero-order valence-corrected chi connectivity index (χ0v) is 16.4. The summed E-state index contributed by atoms with van der Waals surface area (Å²) >= 11 is 0. The van der Waals surface area contributed by atoms with E-state index in [2.05, 4.69) is 0 Å². The lowest BCUT2D eigenvalue weighted by Crippen LogP contribution is -2.51. The van der Waals surface area contributed by atoms with Gasteiger partial charge in [0.15, 0.2) is 0 Å². The van der Waals surface area contributed by atoms with Crippen LogP contribution in [-0.2, 0) is 22.7 Å². The van der Waals surface area contributed by atoms with Crippen molar-refractivity contribution in [1.29, 1.82) is 0 Å². The summed E-state index contributed by atoms with van der Waals surface area (Å²) in [5.41, 5.74) is 0.659. The Hall–Kier alpha value is -2.56. The van der Waals surface area contributed by atoms with Crippen LogP contribution in [0.5, 0.6) is 0 Å². The summed E-state index contributed by atoms with van der Waals surface area (Å²) < 4.78 is 5.45. The van der Waals surface area contributed by atoms with Crippen molar-refractivity contribution in [2.45, 2.75) is 52.2 Å². The van der Waals surface area contributed by atoms with Gasteiger partial charge in [-0.05, 0) is 51.3 Å². The average Bonchev–Trinajstić information content (AvgIpc) is 3.35. The number of carbonyl (C=O) groups is 2. The minimum absolute atomic E-state index is 0.0702. The van der Waals surface area contributed by atoms with Gasteiger partial charge in [0.25, 0.3) is 0 Å². The molecule has 5 nitrogen and oxygen atoms in total. The fourth-order valence-corrected chi connectivity index (χ4v) is 3.06. The van der Waals surface area contributed by atoms with Gasteiger partial charge in [0.05, 0.1) is 12.8 Å². The zero-order valence-electron chi connectivity index (χ0n) is 16.4. The second kappa shape index (κ2) is 7.99. The van der Waals surface area contributed by atoms with Gasteiger partial charge in [-0.3, -0.25) is 9.59 Å². The second-order valence-electron chi connectivity index (χ2n) is 8.18. The third-order valence-corrected chi connectivity index (χ3v) is 4.79. The highest BCUT2D eigenvalue weighted by Gasteiger charge is 2.39. The normalized spacial score (nSPS) is 14.0. The van der Waals surface area contributed by atoms with Gasteiger partial charge in [-0.25, -0.2) is 0 Å². The summed E-state index contributed by atoms with van der Waals surface area (Å²) in [5, 5.41) is 0. The maximum Gasteiger partial charge on any atom is 0.242 e. The monoisotopic (exact) mass is 368 g/mol. The molecule has 1 aromatic carbocycles. The lowest BCUT2D eigenvalue weighted by atomic mass is 10.0. The maximum atomic E-state index is 13.2. The van der Waals surface area contributed by atoms with Gasteiger partial charge in [-0.15, -0.1) is 0 Å². The van der Waals surface area contributed by atoms with E-state index < -0.39 is 5.54 Å². The van der Waals surface area contributed by atoms with Gasteiger partial charge in [-0.1, -0.05) is 30.3 Å². The van der Waals surface area contributed by atoms with E-state index in [0.29, 0.717) is 13.1 Å². The number of furan rings is 1. The lowest BCUT2D eigenvalue weighted by molar-refractivity contribution is -0.146. The summed E-state index contributed by atoms with van der Waals surface area (Å²) in [4.78, 5) is 29.4. The molecule has 1 aromatic heterocycles. The number of nitrogens with zero attached hydrogens (tertiary/aromatic N) is 2. The molecule has 0 N–H and O–H groups in total. The molecule has 0 aliphatic heterocycles. The van der Waals surface area contributed by atoms with Crippen LogP contribution in [0.2, 0.25) is 0 Å². The highest BCUT2D eigenvalue weighted by molar-refractivity contribution is 5.87. The predicted molar refractivity (Wildman–Crippen MR) is 104 cm³/mol. The fraction of sp³-hybridized carbons (Fsp3) is 0.455. The summed E-state index contributed by atoms with van der Waals surface area (Å²) in [5.74, 6) is 0.840. The van der Waals surface area contributed by atoms with E-state index in [1.54, 1.807) is 16.1 Å².